The Balaban J connectivity index is 1.03. The number of likely N-dealkylation sites (tertiary alicyclic amines) is 1. The first-order valence-corrected chi connectivity index (χ1v) is 13.0. The van der Waals surface area contributed by atoms with Gasteiger partial charge in [0.15, 0.2) is 5.60 Å². The van der Waals surface area contributed by atoms with E-state index in [4.69, 9.17) is 14.5 Å². The molecule has 5 heterocycles. The fourth-order valence-corrected chi connectivity index (χ4v) is 6.16. The molecule has 1 spiro atoms. The third kappa shape index (κ3) is 3.65. The van der Waals surface area contributed by atoms with Crippen molar-refractivity contribution in [2.75, 3.05) is 31.1 Å². The first kappa shape index (κ1) is 22.3. The van der Waals surface area contributed by atoms with Crippen LogP contribution in [-0.4, -0.2) is 59.0 Å². The van der Waals surface area contributed by atoms with Crippen LogP contribution in [0.15, 0.2) is 67.1 Å². The van der Waals surface area contributed by atoms with Crippen molar-refractivity contribution in [2.24, 2.45) is 0 Å². The average Bonchev–Trinajstić information content (AvgIpc) is 3.29. The molecule has 0 bridgehead atoms. The van der Waals surface area contributed by atoms with E-state index in [0.29, 0.717) is 25.1 Å². The van der Waals surface area contributed by atoms with E-state index in [-0.39, 0.29) is 18.0 Å². The summed E-state index contributed by atoms with van der Waals surface area (Å²) < 4.78 is 11.9. The Labute approximate surface area is 215 Å². The molecular weight excluding hydrogens is 468 g/mol. The molecule has 2 aromatic heterocycles. The molecular formula is C29H28N4O4. The Hall–Kier alpha value is -3.94. The first-order chi connectivity index (χ1) is 18.1. The monoisotopic (exact) mass is 496 g/mol. The number of carbonyl (C=O) groups is 2. The number of esters is 1. The molecule has 0 unspecified atom stereocenters. The predicted molar refractivity (Wildman–Crippen MR) is 135 cm³/mol. The molecule has 3 aromatic rings. The van der Waals surface area contributed by atoms with E-state index >= 15 is 0 Å². The van der Waals surface area contributed by atoms with Crippen molar-refractivity contribution in [2.45, 2.75) is 42.8 Å². The van der Waals surface area contributed by atoms with Crippen LogP contribution in [0.4, 0.5) is 5.82 Å². The average molecular weight is 497 g/mol. The Bertz CT molecular complexity index is 1360. The quantitative estimate of drug-likeness (QED) is 0.500. The molecule has 2 saturated heterocycles. The van der Waals surface area contributed by atoms with Crippen LogP contribution in [0.25, 0.3) is 0 Å². The molecule has 0 N–H and O–H groups in total. The SMILES string of the molecule is O=C1O[C@]2(CCN(C(=O)C3(c4ccc(N5CC[C@@H](Oc6ccncc6)C5)nc4)CC3)C2)c2ccccc21. The number of carbonyl (C=O) groups excluding carboxylic acids is 2. The molecule has 188 valence electrons. The summed E-state index contributed by atoms with van der Waals surface area (Å²) in [6, 6.07) is 15.4. The van der Waals surface area contributed by atoms with Crippen LogP contribution in [0.1, 0.15) is 47.2 Å². The largest absolute Gasteiger partial charge is 0.488 e. The molecule has 8 nitrogen and oxygen atoms in total. The molecule has 3 fully saturated rings. The molecule has 1 aliphatic carbocycles. The zero-order chi connectivity index (χ0) is 25.0. The van der Waals surface area contributed by atoms with Crippen molar-refractivity contribution >= 4 is 17.7 Å². The highest BCUT2D eigenvalue weighted by molar-refractivity contribution is 5.96. The second-order valence-electron chi connectivity index (χ2n) is 10.6. The molecule has 1 amide bonds. The summed E-state index contributed by atoms with van der Waals surface area (Å²) >= 11 is 0. The smallest absolute Gasteiger partial charge is 0.339 e. The Morgan fingerprint density at radius 1 is 1.03 bits per heavy atom. The number of fused-ring (bicyclic) bond motifs is 2. The molecule has 4 aliphatic rings. The van der Waals surface area contributed by atoms with Crippen molar-refractivity contribution in [1.29, 1.82) is 0 Å². The number of nitrogens with zero attached hydrogens (tertiary/aromatic N) is 4. The minimum absolute atomic E-state index is 0.109. The Morgan fingerprint density at radius 2 is 1.86 bits per heavy atom. The van der Waals surface area contributed by atoms with Gasteiger partial charge in [0, 0.05) is 50.1 Å². The summed E-state index contributed by atoms with van der Waals surface area (Å²) in [7, 11) is 0. The predicted octanol–water partition coefficient (Wildman–Crippen LogP) is 3.46. The lowest BCUT2D eigenvalue weighted by Crippen LogP contribution is -2.40. The fourth-order valence-electron chi connectivity index (χ4n) is 6.16. The second kappa shape index (κ2) is 8.30. The number of rotatable bonds is 5. The molecule has 1 aromatic carbocycles. The van der Waals surface area contributed by atoms with Gasteiger partial charge in [-0.25, -0.2) is 9.78 Å². The third-order valence-corrected chi connectivity index (χ3v) is 8.33. The van der Waals surface area contributed by atoms with Crippen LogP contribution in [0.3, 0.4) is 0 Å². The first-order valence-electron chi connectivity index (χ1n) is 13.0. The summed E-state index contributed by atoms with van der Waals surface area (Å²) in [4.78, 5) is 39.1. The van der Waals surface area contributed by atoms with Crippen LogP contribution >= 0.6 is 0 Å². The van der Waals surface area contributed by atoms with Gasteiger partial charge in [-0.05, 0) is 42.7 Å². The van der Waals surface area contributed by atoms with Crippen LogP contribution < -0.4 is 9.64 Å². The maximum absolute atomic E-state index is 13.7. The van der Waals surface area contributed by atoms with E-state index in [9.17, 15) is 9.59 Å². The van der Waals surface area contributed by atoms with E-state index in [1.165, 1.54) is 0 Å². The van der Waals surface area contributed by atoms with Gasteiger partial charge < -0.3 is 19.3 Å². The van der Waals surface area contributed by atoms with Gasteiger partial charge in [0.05, 0.1) is 24.1 Å². The van der Waals surface area contributed by atoms with Crippen LogP contribution in [0.5, 0.6) is 5.75 Å². The maximum atomic E-state index is 13.7. The highest BCUT2D eigenvalue weighted by Gasteiger charge is 2.57. The van der Waals surface area contributed by atoms with Gasteiger partial charge in [-0.2, -0.15) is 0 Å². The van der Waals surface area contributed by atoms with Gasteiger partial charge in [0.2, 0.25) is 5.91 Å². The lowest BCUT2D eigenvalue weighted by Gasteiger charge is -2.27. The van der Waals surface area contributed by atoms with E-state index in [1.807, 2.05) is 47.5 Å². The summed E-state index contributed by atoms with van der Waals surface area (Å²) in [5.74, 6) is 1.56. The second-order valence-corrected chi connectivity index (χ2v) is 10.6. The summed E-state index contributed by atoms with van der Waals surface area (Å²) in [6.45, 7) is 2.64. The molecule has 0 radical (unpaired) electrons. The highest BCUT2D eigenvalue weighted by atomic mass is 16.6. The van der Waals surface area contributed by atoms with E-state index in [2.05, 4.69) is 16.0 Å². The van der Waals surface area contributed by atoms with Gasteiger partial charge in [0.25, 0.3) is 0 Å². The fraction of sp³-hybridized carbons (Fsp3) is 0.379. The van der Waals surface area contributed by atoms with Gasteiger partial charge in [-0.15, -0.1) is 0 Å². The molecule has 2 atom stereocenters. The summed E-state index contributed by atoms with van der Waals surface area (Å²) in [5, 5.41) is 0. The van der Waals surface area contributed by atoms with Gasteiger partial charge in [-0.1, -0.05) is 24.3 Å². The number of hydrogen-bond donors (Lipinski definition) is 0. The minimum atomic E-state index is -0.716. The van der Waals surface area contributed by atoms with Crippen LogP contribution in [0.2, 0.25) is 0 Å². The molecule has 3 aliphatic heterocycles. The van der Waals surface area contributed by atoms with Crippen molar-refractivity contribution in [3.05, 3.63) is 83.8 Å². The lowest BCUT2D eigenvalue weighted by atomic mass is 9.91. The minimum Gasteiger partial charge on any atom is -0.488 e. The molecule has 8 heteroatoms. The number of aromatic nitrogens is 2. The summed E-state index contributed by atoms with van der Waals surface area (Å²) in [5.41, 5.74) is 1.26. The van der Waals surface area contributed by atoms with Crippen LogP contribution in [-0.2, 0) is 20.5 Å². The lowest BCUT2D eigenvalue weighted by molar-refractivity contribution is -0.134. The number of amides is 1. The number of pyridine rings is 2. The standard InChI is InChI=1S/C29H28N4O4/c34-26-23-3-1-2-4-24(23)29(37-26)12-16-33(19-29)27(35)28(10-11-28)20-5-6-25(31-17-20)32-15-9-22(18-32)36-21-7-13-30-14-8-21/h1-8,13-14,17,22H,9-12,15-16,18-19H2/t22-,29+/m1/s1. The molecule has 7 rings (SSSR count). The van der Waals surface area contributed by atoms with Gasteiger partial charge in [0.1, 0.15) is 17.7 Å². The van der Waals surface area contributed by atoms with Crippen LogP contribution in [0, 0.1) is 0 Å². The Morgan fingerprint density at radius 3 is 2.65 bits per heavy atom. The van der Waals surface area contributed by atoms with Gasteiger partial charge in [-0.3, -0.25) is 9.78 Å². The van der Waals surface area contributed by atoms with Crippen molar-refractivity contribution in [1.82, 2.24) is 14.9 Å². The number of benzene rings is 1. The molecule has 37 heavy (non-hydrogen) atoms. The summed E-state index contributed by atoms with van der Waals surface area (Å²) in [6.07, 6.45) is 8.64. The van der Waals surface area contributed by atoms with Crippen molar-refractivity contribution in [3.63, 3.8) is 0 Å². The van der Waals surface area contributed by atoms with Crippen molar-refractivity contribution in [3.8, 4) is 5.75 Å². The topological polar surface area (TPSA) is 84.9 Å². The van der Waals surface area contributed by atoms with Gasteiger partial charge >= 0.3 is 5.97 Å². The number of ether oxygens (including phenoxy) is 2. The van der Waals surface area contributed by atoms with E-state index < -0.39 is 11.0 Å². The number of anilines is 1. The molecule has 1 saturated carbocycles. The van der Waals surface area contributed by atoms with Crippen molar-refractivity contribution < 1.29 is 19.1 Å². The normalized spacial score (nSPS) is 25.3. The third-order valence-electron chi connectivity index (χ3n) is 8.33. The maximum Gasteiger partial charge on any atom is 0.339 e. The Kier molecular flexibility index (Phi) is 4.99. The van der Waals surface area contributed by atoms with E-state index in [1.54, 1.807) is 18.5 Å². The highest BCUT2D eigenvalue weighted by Crippen LogP contribution is 2.52. The number of hydrogen-bond acceptors (Lipinski definition) is 7. The van der Waals surface area contributed by atoms with E-state index in [0.717, 1.165) is 55.0 Å². The zero-order valence-corrected chi connectivity index (χ0v) is 20.5. The zero-order valence-electron chi connectivity index (χ0n) is 20.5.